The molecule has 0 spiro atoms. The lowest BCUT2D eigenvalue weighted by molar-refractivity contribution is 0.0696. The highest BCUT2D eigenvalue weighted by Gasteiger charge is 2.25. The number of thiophene rings is 1. The first kappa shape index (κ1) is 20.2. The van der Waals surface area contributed by atoms with Crippen LogP contribution in [0.3, 0.4) is 0 Å². The Hall–Kier alpha value is -2.54. The second-order valence-corrected chi connectivity index (χ2v) is 10.3. The second kappa shape index (κ2) is 6.81. The van der Waals surface area contributed by atoms with Crippen LogP contribution in [-0.2, 0) is 20.0 Å². The van der Waals surface area contributed by atoms with E-state index in [1.54, 1.807) is 0 Å². The van der Waals surface area contributed by atoms with E-state index in [9.17, 15) is 26.0 Å². The number of anilines is 1. The molecular weight excluding hydrogens is 431 g/mol. The van der Waals surface area contributed by atoms with Crippen molar-refractivity contribution in [2.45, 2.75) is 16.0 Å². The van der Waals surface area contributed by atoms with Gasteiger partial charge in [-0.1, -0.05) is 0 Å². The zero-order chi connectivity index (χ0) is 20.9. The minimum atomic E-state index is -4.42. The highest BCUT2D eigenvalue weighted by molar-refractivity contribution is 7.95. The van der Waals surface area contributed by atoms with E-state index >= 15 is 0 Å². The Kier molecular flexibility index (Phi) is 4.91. The number of fused-ring (bicyclic) bond motifs is 1. The van der Waals surface area contributed by atoms with Crippen LogP contribution in [-0.4, -0.2) is 27.9 Å². The molecule has 28 heavy (non-hydrogen) atoms. The molecule has 1 aromatic heterocycles. The minimum absolute atomic E-state index is 0.129. The topological polar surface area (TPSA) is 144 Å². The predicted molar refractivity (Wildman–Crippen MR) is 102 cm³/mol. The first-order valence-electron chi connectivity index (χ1n) is 7.52. The van der Waals surface area contributed by atoms with Crippen molar-refractivity contribution in [1.82, 2.24) is 0 Å². The van der Waals surface area contributed by atoms with Gasteiger partial charge in [-0.3, -0.25) is 4.72 Å². The molecule has 0 bridgehead atoms. The average Bonchev–Trinajstić information content (AvgIpc) is 2.91. The summed E-state index contributed by atoms with van der Waals surface area (Å²) in [5, 5.41) is 14.5. The molecule has 0 aliphatic rings. The number of halogens is 1. The largest absolute Gasteiger partial charge is 0.478 e. The van der Waals surface area contributed by atoms with Gasteiger partial charge in [0.05, 0.1) is 11.3 Å². The van der Waals surface area contributed by atoms with Gasteiger partial charge in [0.2, 0.25) is 10.0 Å². The SMILES string of the molecule is Cc1c(S(=O)(=O)Nc2ccc(C(=O)O)cc2S(N)(=O)=O)sc2ccc(F)cc12. The van der Waals surface area contributed by atoms with E-state index < -0.39 is 42.4 Å². The Morgan fingerprint density at radius 3 is 2.43 bits per heavy atom. The fourth-order valence-corrected chi connectivity index (χ4v) is 6.20. The van der Waals surface area contributed by atoms with E-state index in [2.05, 4.69) is 4.72 Å². The number of aryl methyl sites for hydroxylation is 1. The highest BCUT2D eigenvalue weighted by Crippen LogP contribution is 2.36. The van der Waals surface area contributed by atoms with Crippen molar-refractivity contribution >= 4 is 53.1 Å². The average molecular weight is 444 g/mol. The molecule has 3 aromatic rings. The number of carboxylic acids is 1. The fraction of sp³-hybridized carbons (Fsp3) is 0.0625. The molecule has 0 aliphatic heterocycles. The summed E-state index contributed by atoms with van der Waals surface area (Å²) in [7, 11) is -8.68. The third kappa shape index (κ3) is 3.71. The van der Waals surface area contributed by atoms with Gasteiger partial charge in [-0.05, 0) is 54.3 Å². The lowest BCUT2D eigenvalue weighted by atomic mass is 10.2. The van der Waals surface area contributed by atoms with E-state index in [0.717, 1.165) is 29.5 Å². The highest BCUT2D eigenvalue weighted by atomic mass is 32.2. The van der Waals surface area contributed by atoms with Gasteiger partial charge in [0, 0.05) is 4.70 Å². The van der Waals surface area contributed by atoms with Crippen molar-refractivity contribution in [3.05, 3.63) is 53.3 Å². The summed E-state index contributed by atoms with van der Waals surface area (Å²) in [5.74, 6) is -1.92. The molecule has 0 fully saturated rings. The molecule has 0 saturated carbocycles. The molecule has 12 heteroatoms. The smallest absolute Gasteiger partial charge is 0.335 e. The van der Waals surface area contributed by atoms with Crippen LogP contribution in [0.2, 0.25) is 0 Å². The van der Waals surface area contributed by atoms with Crippen molar-refractivity contribution in [2.24, 2.45) is 5.14 Å². The van der Waals surface area contributed by atoms with Crippen molar-refractivity contribution in [3.63, 3.8) is 0 Å². The van der Waals surface area contributed by atoms with E-state index in [-0.39, 0.29) is 9.77 Å². The van der Waals surface area contributed by atoms with Crippen molar-refractivity contribution in [3.8, 4) is 0 Å². The van der Waals surface area contributed by atoms with Crippen LogP contribution in [0.1, 0.15) is 15.9 Å². The lowest BCUT2D eigenvalue weighted by Gasteiger charge is -2.12. The standard InChI is InChI=1S/C16H13FN2O6S3/c1-8-11-7-10(17)3-5-13(11)26-16(8)28(24,25)19-12-4-2-9(15(20)21)6-14(12)27(18,22)23/h2-7,19H,1H3,(H,20,21)(H2,18,22,23). The van der Waals surface area contributed by atoms with Crippen LogP contribution in [0.5, 0.6) is 0 Å². The zero-order valence-electron chi connectivity index (χ0n) is 14.1. The number of rotatable bonds is 5. The number of carboxylic acid groups (broad SMARTS) is 1. The third-order valence-electron chi connectivity index (χ3n) is 3.88. The van der Waals surface area contributed by atoms with E-state index in [1.807, 2.05) is 0 Å². The summed E-state index contributed by atoms with van der Waals surface area (Å²) in [5.41, 5.74) is -0.470. The summed E-state index contributed by atoms with van der Waals surface area (Å²) in [4.78, 5) is 10.4. The Bertz CT molecular complexity index is 1330. The van der Waals surface area contributed by atoms with Crippen LogP contribution < -0.4 is 9.86 Å². The maximum absolute atomic E-state index is 13.5. The molecule has 3 rings (SSSR count). The second-order valence-electron chi connectivity index (χ2n) is 5.82. The van der Waals surface area contributed by atoms with E-state index in [0.29, 0.717) is 15.6 Å². The number of nitrogens with one attached hydrogen (secondary N) is 1. The Morgan fingerprint density at radius 1 is 1.14 bits per heavy atom. The zero-order valence-corrected chi connectivity index (χ0v) is 16.6. The first-order valence-corrected chi connectivity index (χ1v) is 11.4. The number of benzene rings is 2. The normalized spacial score (nSPS) is 12.2. The van der Waals surface area contributed by atoms with Crippen molar-refractivity contribution < 1.29 is 31.1 Å². The number of hydrogen-bond acceptors (Lipinski definition) is 6. The molecule has 148 valence electrons. The lowest BCUT2D eigenvalue weighted by Crippen LogP contribution is -2.19. The van der Waals surface area contributed by atoms with E-state index in [4.69, 9.17) is 10.2 Å². The summed E-state index contributed by atoms with van der Waals surface area (Å²) >= 11 is 0.888. The number of aromatic carboxylic acids is 1. The maximum Gasteiger partial charge on any atom is 0.335 e. The number of hydrogen-bond donors (Lipinski definition) is 3. The molecule has 0 amide bonds. The van der Waals surface area contributed by atoms with Gasteiger partial charge in [0.15, 0.2) is 0 Å². The summed E-state index contributed by atoms with van der Waals surface area (Å²) in [6.07, 6.45) is 0. The molecule has 0 atom stereocenters. The molecule has 0 aliphatic carbocycles. The van der Waals surface area contributed by atoms with E-state index in [1.165, 1.54) is 25.1 Å². The number of sulfonamides is 2. The molecule has 0 unspecified atom stereocenters. The molecule has 0 saturated heterocycles. The Morgan fingerprint density at radius 2 is 1.82 bits per heavy atom. The van der Waals surface area contributed by atoms with Crippen molar-refractivity contribution in [1.29, 1.82) is 0 Å². The number of nitrogens with two attached hydrogens (primary N) is 1. The van der Waals surface area contributed by atoms with Gasteiger partial charge in [-0.2, -0.15) is 0 Å². The predicted octanol–water partition coefficient (Wildman–Crippen LogP) is 2.50. The minimum Gasteiger partial charge on any atom is -0.478 e. The molecule has 8 nitrogen and oxygen atoms in total. The summed E-state index contributed by atoms with van der Waals surface area (Å²) < 4.78 is 65.3. The summed E-state index contributed by atoms with van der Waals surface area (Å²) in [6, 6.07) is 6.66. The Balaban J connectivity index is 2.13. The van der Waals surface area contributed by atoms with Gasteiger partial charge in [-0.25, -0.2) is 31.2 Å². The number of carbonyl (C=O) groups is 1. The van der Waals surface area contributed by atoms with Gasteiger partial charge >= 0.3 is 5.97 Å². The van der Waals surface area contributed by atoms with Crippen molar-refractivity contribution in [2.75, 3.05) is 4.72 Å². The summed E-state index contributed by atoms with van der Waals surface area (Å²) in [6.45, 7) is 1.50. The fourth-order valence-electron chi connectivity index (χ4n) is 2.59. The molecule has 4 N–H and O–H groups in total. The monoisotopic (exact) mass is 444 g/mol. The van der Waals surface area contributed by atoms with Crippen LogP contribution in [0.4, 0.5) is 10.1 Å². The number of primary sulfonamides is 1. The quantitative estimate of drug-likeness (QED) is 0.552. The Labute approximate surface area is 163 Å². The van der Waals surface area contributed by atoms with Gasteiger partial charge < -0.3 is 5.11 Å². The van der Waals surface area contributed by atoms with Gasteiger partial charge in [0.1, 0.15) is 14.9 Å². The maximum atomic E-state index is 13.5. The third-order valence-corrected chi connectivity index (χ3v) is 8.09. The first-order chi connectivity index (χ1) is 12.9. The molecular formula is C16H13FN2O6S3. The molecule has 2 aromatic carbocycles. The van der Waals surface area contributed by atoms with Crippen LogP contribution in [0, 0.1) is 12.7 Å². The van der Waals surface area contributed by atoms with Crippen LogP contribution >= 0.6 is 11.3 Å². The molecule has 1 heterocycles. The van der Waals surface area contributed by atoms with Gasteiger partial charge in [-0.15, -0.1) is 11.3 Å². The van der Waals surface area contributed by atoms with Crippen LogP contribution in [0.15, 0.2) is 45.5 Å². The van der Waals surface area contributed by atoms with Crippen LogP contribution in [0.25, 0.3) is 10.1 Å². The molecule has 0 radical (unpaired) electrons. The van der Waals surface area contributed by atoms with Gasteiger partial charge in [0.25, 0.3) is 10.0 Å².